The molecule has 1 saturated heterocycles. The van der Waals surface area contributed by atoms with Gasteiger partial charge in [0, 0.05) is 26.0 Å². The summed E-state index contributed by atoms with van der Waals surface area (Å²) in [7, 11) is -0.720. The molecule has 0 aromatic carbocycles. The third-order valence-electron chi connectivity index (χ3n) is 4.59. The van der Waals surface area contributed by atoms with Crippen LogP contribution in [0.5, 0.6) is 5.75 Å². The van der Waals surface area contributed by atoms with Crippen molar-refractivity contribution < 1.29 is 22.4 Å². The minimum absolute atomic E-state index is 0.179. The molecule has 136 valence electrons. The zero-order valence-electron chi connectivity index (χ0n) is 13.9. The Morgan fingerprint density at radius 2 is 2.16 bits per heavy atom. The second-order valence-corrected chi connectivity index (χ2v) is 9.23. The van der Waals surface area contributed by atoms with Crippen LogP contribution in [0.4, 0.5) is 0 Å². The van der Waals surface area contributed by atoms with Crippen molar-refractivity contribution in [3.63, 3.8) is 0 Å². The van der Waals surface area contributed by atoms with Crippen LogP contribution in [-0.4, -0.2) is 49.7 Å². The zero-order chi connectivity index (χ0) is 17.6. The number of methoxy groups -OCH3 is 2. The molecule has 8 nitrogen and oxygen atoms in total. The van der Waals surface area contributed by atoms with Crippen LogP contribution in [0.25, 0.3) is 0 Å². The lowest BCUT2D eigenvalue weighted by Crippen LogP contribution is -2.32. The largest absolute Gasteiger partial charge is 0.494 e. The first kappa shape index (κ1) is 17.0. The van der Waals surface area contributed by atoms with E-state index in [1.807, 2.05) is 0 Å². The molecule has 2 aromatic heterocycles. The molecule has 2 aliphatic rings. The molecule has 0 radical (unpaired) electrons. The van der Waals surface area contributed by atoms with Crippen LogP contribution >= 0.6 is 11.3 Å². The maximum Gasteiger partial charge on any atom is 0.257 e. The summed E-state index contributed by atoms with van der Waals surface area (Å²) in [6.07, 6.45) is 2.37. The minimum atomic E-state index is -3.75. The Bertz CT molecular complexity index is 858. The summed E-state index contributed by atoms with van der Waals surface area (Å²) in [5.41, 5.74) is 0. The normalized spacial score (nSPS) is 24.7. The fraction of sp³-hybridized carbons (Fsp3) is 0.600. The van der Waals surface area contributed by atoms with E-state index in [1.165, 1.54) is 11.4 Å². The van der Waals surface area contributed by atoms with Crippen molar-refractivity contribution in [1.82, 2.24) is 14.4 Å². The highest BCUT2D eigenvalue weighted by molar-refractivity contribution is 7.91. The van der Waals surface area contributed by atoms with Gasteiger partial charge in [0.15, 0.2) is 10.0 Å². The van der Waals surface area contributed by atoms with Crippen LogP contribution in [0, 0.1) is 0 Å². The Balaban J connectivity index is 1.69. The molecule has 0 spiro atoms. The number of rotatable bonds is 6. The number of hydrogen-bond acceptors (Lipinski definition) is 8. The second kappa shape index (κ2) is 6.35. The molecule has 1 aliphatic carbocycles. The van der Waals surface area contributed by atoms with E-state index in [0.29, 0.717) is 29.8 Å². The summed E-state index contributed by atoms with van der Waals surface area (Å²) in [4.78, 5) is 4.44. The molecule has 1 aliphatic heterocycles. The first-order valence-corrected chi connectivity index (χ1v) is 10.4. The van der Waals surface area contributed by atoms with Crippen LogP contribution in [0.15, 0.2) is 20.2 Å². The number of hydrogen-bond donors (Lipinski definition) is 0. The first-order valence-electron chi connectivity index (χ1n) is 8.04. The summed E-state index contributed by atoms with van der Waals surface area (Å²) in [6, 6.07) is 1.12. The molecule has 3 heterocycles. The summed E-state index contributed by atoms with van der Waals surface area (Å²) in [5.74, 6) is 1.69. The fourth-order valence-electron chi connectivity index (χ4n) is 3.05. The van der Waals surface area contributed by atoms with Gasteiger partial charge in [-0.05, 0) is 24.3 Å². The van der Waals surface area contributed by atoms with Crippen molar-refractivity contribution in [1.29, 1.82) is 0 Å². The molecular weight excluding hydrogens is 366 g/mol. The van der Waals surface area contributed by atoms with Gasteiger partial charge in [0.05, 0.1) is 13.2 Å². The van der Waals surface area contributed by atoms with E-state index in [4.69, 9.17) is 14.0 Å². The Morgan fingerprint density at radius 3 is 2.84 bits per heavy atom. The van der Waals surface area contributed by atoms with Crippen molar-refractivity contribution in [2.45, 2.75) is 41.5 Å². The lowest BCUT2D eigenvalue weighted by Gasteiger charge is -2.20. The third kappa shape index (κ3) is 2.97. The second-order valence-electron chi connectivity index (χ2n) is 6.23. The summed E-state index contributed by atoms with van der Waals surface area (Å²) in [5, 5.41) is 5.71. The maximum absolute atomic E-state index is 13.2. The minimum Gasteiger partial charge on any atom is -0.494 e. The molecule has 0 unspecified atom stereocenters. The number of nitrogens with zero attached hydrogens (tertiary/aromatic N) is 3. The van der Waals surface area contributed by atoms with Crippen LogP contribution in [-0.2, 0) is 14.8 Å². The number of sulfonamides is 1. The highest BCUT2D eigenvalue weighted by atomic mass is 32.2. The van der Waals surface area contributed by atoms with E-state index in [-0.39, 0.29) is 16.9 Å². The van der Waals surface area contributed by atoms with Crippen molar-refractivity contribution in [3.8, 4) is 5.75 Å². The quantitative estimate of drug-likeness (QED) is 0.752. The van der Waals surface area contributed by atoms with Crippen molar-refractivity contribution in [3.05, 3.63) is 23.2 Å². The average molecular weight is 385 g/mol. The van der Waals surface area contributed by atoms with E-state index in [0.717, 1.165) is 24.2 Å². The topological polar surface area (TPSA) is 94.8 Å². The predicted molar refractivity (Wildman–Crippen MR) is 89.2 cm³/mol. The number of aromatic nitrogens is 2. The summed E-state index contributed by atoms with van der Waals surface area (Å²) < 4.78 is 43.9. The van der Waals surface area contributed by atoms with Gasteiger partial charge >= 0.3 is 0 Å². The van der Waals surface area contributed by atoms with Gasteiger partial charge in [-0.15, -0.1) is 11.3 Å². The lowest BCUT2D eigenvalue weighted by molar-refractivity contribution is 0.114. The predicted octanol–water partition coefficient (Wildman–Crippen LogP) is 2.17. The van der Waals surface area contributed by atoms with Crippen LogP contribution in [0.2, 0.25) is 0 Å². The third-order valence-corrected chi connectivity index (χ3v) is 7.89. The Kier molecular flexibility index (Phi) is 4.30. The molecular formula is C15H19N3O5S2. The van der Waals surface area contributed by atoms with Gasteiger partial charge in [0.2, 0.25) is 5.89 Å². The molecule has 25 heavy (non-hydrogen) atoms. The van der Waals surface area contributed by atoms with Crippen molar-refractivity contribution >= 4 is 21.4 Å². The molecule has 10 heteroatoms. The van der Waals surface area contributed by atoms with Gasteiger partial charge in [-0.2, -0.15) is 9.29 Å². The van der Waals surface area contributed by atoms with E-state index in [2.05, 4.69) is 10.1 Å². The number of thiophene rings is 1. The Labute approximate surface area is 149 Å². The molecule has 2 atom stereocenters. The Morgan fingerprint density at radius 1 is 1.36 bits per heavy atom. The van der Waals surface area contributed by atoms with Gasteiger partial charge in [0.1, 0.15) is 11.8 Å². The van der Waals surface area contributed by atoms with Crippen molar-refractivity contribution in [2.24, 2.45) is 0 Å². The van der Waals surface area contributed by atoms with Crippen LogP contribution in [0.3, 0.4) is 0 Å². The molecule has 1 saturated carbocycles. The highest BCUT2D eigenvalue weighted by Gasteiger charge is 2.45. The van der Waals surface area contributed by atoms with E-state index in [9.17, 15) is 8.42 Å². The monoisotopic (exact) mass is 385 g/mol. The molecule has 0 amide bonds. The van der Waals surface area contributed by atoms with Gasteiger partial charge in [0.25, 0.3) is 10.0 Å². The average Bonchev–Trinajstić information content (AvgIpc) is 3.07. The number of ether oxygens (including phenoxy) is 2. The van der Waals surface area contributed by atoms with Crippen molar-refractivity contribution in [2.75, 3.05) is 20.8 Å². The van der Waals surface area contributed by atoms with E-state index < -0.39 is 16.1 Å². The molecule has 0 bridgehead atoms. The van der Waals surface area contributed by atoms with Gasteiger partial charge in [-0.25, -0.2) is 8.42 Å². The lowest BCUT2D eigenvalue weighted by atomic mass is 10.2. The molecule has 2 aromatic rings. The zero-order valence-corrected chi connectivity index (χ0v) is 15.5. The van der Waals surface area contributed by atoms with Gasteiger partial charge in [-0.3, -0.25) is 0 Å². The smallest absolute Gasteiger partial charge is 0.257 e. The fourth-order valence-corrected chi connectivity index (χ4v) is 6.06. The highest BCUT2D eigenvalue weighted by Crippen LogP contribution is 2.43. The SMILES string of the molecule is COc1ccsc1S(=O)(=O)N1C[C@@H](OC)C[C@@H]1c1nc(C2CC2)no1. The maximum atomic E-state index is 13.2. The summed E-state index contributed by atoms with van der Waals surface area (Å²) in [6.45, 7) is 0.242. The van der Waals surface area contributed by atoms with Gasteiger partial charge < -0.3 is 14.0 Å². The first-order chi connectivity index (χ1) is 12.0. The Hall–Kier alpha value is -1.49. The standard InChI is InChI=1S/C15H19N3O5S2/c1-21-10-7-11(14-16-13(17-23-14)9-3-4-9)18(8-10)25(19,20)15-12(22-2)5-6-24-15/h5-6,9-11H,3-4,7-8H2,1-2H3/t10-,11+/m0/s1. The van der Waals surface area contributed by atoms with E-state index in [1.54, 1.807) is 18.6 Å². The molecule has 4 rings (SSSR count). The summed E-state index contributed by atoms with van der Waals surface area (Å²) >= 11 is 1.13. The van der Waals surface area contributed by atoms with Crippen LogP contribution < -0.4 is 4.74 Å². The van der Waals surface area contributed by atoms with Crippen LogP contribution in [0.1, 0.15) is 42.9 Å². The van der Waals surface area contributed by atoms with Gasteiger partial charge in [-0.1, -0.05) is 5.16 Å². The molecule has 2 fully saturated rings. The molecule has 0 N–H and O–H groups in total. The van der Waals surface area contributed by atoms with E-state index >= 15 is 0 Å².